The molecule has 2 aromatic carbocycles. The number of Topliss-reactive ketones (excluding diaryl/α,β-unsaturated/α-hetero) is 1. The third kappa shape index (κ3) is 3.30. The maximum Gasteiger partial charge on any atom is 0.170 e. The predicted molar refractivity (Wildman–Crippen MR) is 83.8 cm³/mol. The molecule has 110 valence electrons. The molecule has 2 rings (SSSR count). The Morgan fingerprint density at radius 1 is 1.19 bits per heavy atom. The predicted octanol–water partition coefficient (Wildman–Crippen LogP) is 4.42. The van der Waals surface area contributed by atoms with Crippen LogP contribution in [0.25, 0.3) is 0 Å². The molecule has 0 aliphatic carbocycles. The van der Waals surface area contributed by atoms with Gasteiger partial charge in [-0.15, -0.1) is 0 Å². The zero-order valence-electron chi connectivity index (χ0n) is 12.3. The first-order valence-electron chi connectivity index (χ1n) is 7.18. The fourth-order valence-corrected chi connectivity index (χ4v) is 2.49. The lowest BCUT2D eigenvalue weighted by Crippen LogP contribution is -2.20. The van der Waals surface area contributed by atoms with E-state index in [0.29, 0.717) is 5.56 Å². The van der Waals surface area contributed by atoms with Crippen LogP contribution in [0.3, 0.4) is 0 Å². The number of halogens is 1. The van der Waals surface area contributed by atoms with E-state index in [1.54, 1.807) is 6.07 Å². The van der Waals surface area contributed by atoms with Gasteiger partial charge in [0.2, 0.25) is 0 Å². The van der Waals surface area contributed by atoms with Gasteiger partial charge in [-0.2, -0.15) is 0 Å². The van der Waals surface area contributed by atoms with Gasteiger partial charge in [-0.05, 0) is 29.7 Å². The molecule has 2 nitrogen and oxygen atoms in total. The molecule has 0 bridgehead atoms. The number of anilines is 1. The van der Waals surface area contributed by atoms with Crippen molar-refractivity contribution < 1.29 is 9.18 Å². The van der Waals surface area contributed by atoms with E-state index in [1.807, 2.05) is 37.3 Å². The number of carbonyl (C=O) groups is 1. The van der Waals surface area contributed by atoms with E-state index >= 15 is 0 Å². The summed E-state index contributed by atoms with van der Waals surface area (Å²) in [6.45, 7) is 4.10. The molecule has 2 N–H and O–H groups in total. The summed E-state index contributed by atoms with van der Waals surface area (Å²) in [7, 11) is 0. The molecule has 0 saturated heterocycles. The van der Waals surface area contributed by atoms with Crippen LogP contribution >= 0.6 is 0 Å². The highest BCUT2D eigenvalue weighted by Gasteiger charge is 2.27. The molecule has 0 amide bonds. The van der Waals surface area contributed by atoms with Crippen molar-refractivity contribution in [1.29, 1.82) is 0 Å². The quantitative estimate of drug-likeness (QED) is 0.652. The summed E-state index contributed by atoms with van der Waals surface area (Å²) in [6.07, 6.45) is 0.878. The van der Waals surface area contributed by atoms with Crippen molar-refractivity contribution in [1.82, 2.24) is 0 Å². The zero-order chi connectivity index (χ0) is 15.4. The minimum atomic E-state index is -0.545. The molecule has 2 atom stereocenters. The molecule has 0 fully saturated rings. The van der Waals surface area contributed by atoms with Gasteiger partial charge < -0.3 is 5.73 Å². The van der Waals surface area contributed by atoms with E-state index in [0.717, 1.165) is 12.0 Å². The summed E-state index contributed by atoms with van der Waals surface area (Å²) in [4.78, 5) is 12.8. The molecule has 0 heterocycles. The normalized spacial score (nSPS) is 13.7. The van der Waals surface area contributed by atoms with Gasteiger partial charge in [0.25, 0.3) is 0 Å². The third-order valence-corrected chi connectivity index (χ3v) is 3.94. The molecule has 0 radical (unpaired) electrons. The lowest BCUT2D eigenvalue weighted by Gasteiger charge is -2.22. The number of nitrogen functional groups attached to an aromatic ring is 1. The summed E-state index contributed by atoms with van der Waals surface area (Å²) >= 11 is 0. The summed E-state index contributed by atoms with van der Waals surface area (Å²) in [5.41, 5.74) is 6.88. The highest BCUT2D eigenvalue weighted by atomic mass is 19.1. The maximum atomic E-state index is 13.6. The standard InChI is InChI=1S/C18H20FNO/c1-3-12(2)17(13-7-5-4-6-8-13)18(21)14-9-10-16(20)15(19)11-14/h4-12,17H,3,20H2,1-2H3. The van der Waals surface area contributed by atoms with Crippen molar-refractivity contribution in [2.75, 3.05) is 5.73 Å². The van der Waals surface area contributed by atoms with Crippen molar-refractivity contribution in [3.63, 3.8) is 0 Å². The number of rotatable bonds is 5. The van der Waals surface area contributed by atoms with E-state index in [2.05, 4.69) is 6.92 Å². The van der Waals surface area contributed by atoms with Gasteiger partial charge >= 0.3 is 0 Å². The van der Waals surface area contributed by atoms with Crippen molar-refractivity contribution in [2.45, 2.75) is 26.2 Å². The number of carbonyl (C=O) groups excluding carboxylic acids is 1. The molecule has 0 saturated carbocycles. The molecule has 0 aliphatic heterocycles. The average Bonchev–Trinajstić information content (AvgIpc) is 2.51. The van der Waals surface area contributed by atoms with Gasteiger partial charge in [0.1, 0.15) is 5.82 Å². The topological polar surface area (TPSA) is 43.1 Å². The van der Waals surface area contributed by atoms with Gasteiger partial charge in [-0.3, -0.25) is 4.79 Å². The van der Waals surface area contributed by atoms with Gasteiger partial charge in [0.05, 0.1) is 5.69 Å². The molecule has 0 aromatic heterocycles. The van der Waals surface area contributed by atoms with E-state index in [-0.39, 0.29) is 23.3 Å². The van der Waals surface area contributed by atoms with Crippen molar-refractivity contribution in [3.8, 4) is 0 Å². The van der Waals surface area contributed by atoms with E-state index in [4.69, 9.17) is 5.73 Å². The smallest absolute Gasteiger partial charge is 0.170 e. The Morgan fingerprint density at radius 2 is 1.86 bits per heavy atom. The Kier molecular flexibility index (Phi) is 4.73. The molecular formula is C18H20FNO. The summed E-state index contributed by atoms with van der Waals surface area (Å²) in [5.74, 6) is -0.689. The van der Waals surface area contributed by atoms with Crippen LogP contribution in [0.2, 0.25) is 0 Å². The van der Waals surface area contributed by atoms with Crippen LogP contribution in [0, 0.1) is 11.7 Å². The van der Waals surface area contributed by atoms with Crippen LogP contribution in [-0.2, 0) is 0 Å². The Bertz CT molecular complexity index is 624. The Balaban J connectivity index is 2.41. The number of benzene rings is 2. The lowest BCUT2D eigenvalue weighted by molar-refractivity contribution is 0.0931. The number of hydrogen-bond acceptors (Lipinski definition) is 2. The minimum Gasteiger partial charge on any atom is -0.396 e. The monoisotopic (exact) mass is 285 g/mol. The second-order valence-corrected chi connectivity index (χ2v) is 5.37. The second-order valence-electron chi connectivity index (χ2n) is 5.37. The molecule has 2 aromatic rings. The van der Waals surface area contributed by atoms with E-state index in [1.165, 1.54) is 12.1 Å². The highest BCUT2D eigenvalue weighted by molar-refractivity contribution is 6.01. The average molecular weight is 285 g/mol. The fourth-order valence-electron chi connectivity index (χ4n) is 2.49. The van der Waals surface area contributed by atoms with Gasteiger partial charge in [0, 0.05) is 11.5 Å². The molecule has 2 unspecified atom stereocenters. The van der Waals surface area contributed by atoms with Gasteiger partial charge in [0.15, 0.2) is 5.78 Å². The first kappa shape index (κ1) is 15.2. The van der Waals surface area contributed by atoms with Crippen LogP contribution in [0.15, 0.2) is 48.5 Å². The van der Waals surface area contributed by atoms with Crippen molar-refractivity contribution in [3.05, 3.63) is 65.5 Å². The Hall–Kier alpha value is -2.16. The van der Waals surface area contributed by atoms with Crippen LogP contribution < -0.4 is 5.73 Å². The first-order chi connectivity index (χ1) is 10.0. The molecule has 0 spiro atoms. The maximum absolute atomic E-state index is 13.6. The van der Waals surface area contributed by atoms with Crippen LogP contribution in [-0.4, -0.2) is 5.78 Å². The SMILES string of the molecule is CCC(C)C(C(=O)c1ccc(N)c(F)c1)c1ccccc1. The first-order valence-corrected chi connectivity index (χ1v) is 7.18. The number of nitrogens with two attached hydrogens (primary N) is 1. The number of ketones is 1. The number of hydrogen-bond donors (Lipinski definition) is 1. The van der Waals surface area contributed by atoms with Gasteiger partial charge in [-0.1, -0.05) is 50.6 Å². The van der Waals surface area contributed by atoms with Crippen molar-refractivity contribution in [2.24, 2.45) is 5.92 Å². The molecular weight excluding hydrogens is 265 g/mol. The summed E-state index contributed by atoms with van der Waals surface area (Å²) < 4.78 is 13.6. The zero-order valence-corrected chi connectivity index (χ0v) is 12.3. The van der Waals surface area contributed by atoms with Gasteiger partial charge in [-0.25, -0.2) is 4.39 Å². The fraction of sp³-hybridized carbons (Fsp3) is 0.278. The third-order valence-electron chi connectivity index (χ3n) is 3.94. The second kappa shape index (κ2) is 6.53. The van der Waals surface area contributed by atoms with E-state index < -0.39 is 5.82 Å². The van der Waals surface area contributed by atoms with Crippen LogP contribution in [0.5, 0.6) is 0 Å². The van der Waals surface area contributed by atoms with Crippen LogP contribution in [0.1, 0.15) is 42.1 Å². The van der Waals surface area contributed by atoms with Crippen LogP contribution in [0.4, 0.5) is 10.1 Å². The lowest BCUT2D eigenvalue weighted by atomic mass is 9.80. The van der Waals surface area contributed by atoms with Crippen molar-refractivity contribution >= 4 is 11.5 Å². The molecule has 3 heteroatoms. The van der Waals surface area contributed by atoms with E-state index in [9.17, 15) is 9.18 Å². The Labute approximate surface area is 124 Å². The summed E-state index contributed by atoms with van der Waals surface area (Å²) in [6, 6.07) is 13.9. The highest BCUT2D eigenvalue weighted by Crippen LogP contribution is 2.31. The molecule has 21 heavy (non-hydrogen) atoms. The molecule has 0 aliphatic rings. The minimum absolute atomic E-state index is 0.0607. The largest absolute Gasteiger partial charge is 0.396 e. The summed E-state index contributed by atoms with van der Waals surface area (Å²) in [5, 5.41) is 0. The Morgan fingerprint density at radius 3 is 2.43 bits per heavy atom.